The van der Waals surface area contributed by atoms with Crippen LogP contribution in [0.15, 0.2) is 24.3 Å². The monoisotopic (exact) mass is 500 g/mol. The number of esters is 2. The maximum Gasteiger partial charge on any atom is 0.335 e. The Balaban J connectivity index is 3.05. The summed E-state index contributed by atoms with van der Waals surface area (Å²) in [4.78, 5) is 49.2. The third-order valence-electron chi connectivity index (χ3n) is 4.52. The van der Waals surface area contributed by atoms with Crippen LogP contribution >= 0.6 is 7.60 Å². The van der Waals surface area contributed by atoms with E-state index in [1.807, 2.05) is 0 Å². The van der Waals surface area contributed by atoms with Gasteiger partial charge in [-0.25, -0.2) is 0 Å². The maximum absolute atomic E-state index is 12.8. The zero-order valence-electron chi connectivity index (χ0n) is 19.9. The number of amides is 2. The standard InChI is InChI=1S/C22H33N2O9P/c1-5-30-18(25)13-17(22(28)31-6-2)19(20(23)26)24-21(27)16-11-9-15(10-12-16)14-34(29,32-7-3)33-8-4/h9-12,17,19H,5-8,13-14H2,1-4H3,(H2,23,26)(H,24,27)/t17-,19+/m0/s1. The van der Waals surface area contributed by atoms with Gasteiger partial charge in [-0.1, -0.05) is 12.1 Å². The molecule has 11 nitrogen and oxygen atoms in total. The number of primary amides is 1. The average molecular weight is 500 g/mol. The minimum Gasteiger partial charge on any atom is -0.466 e. The first-order chi connectivity index (χ1) is 16.1. The quantitative estimate of drug-likeness (QED) is 0.272. The number of hydrogen-bond donors (Lipinski definition) is 2. The lowest BCUT2D eigenvalue weighted by atomic mass is 9.95. The highest BCUT2D eigenvalue weighted by atomic mass is 31.2. The fraction of sp³-hybridized carbons (Fsp3) is 0.545. The van der Waals surface area contributed by atoms with Crippen molar-refractivity contribution in [2.24, 2.45) is 11.7 Å². The molecule has 0 aliphatic rings. The van der Waals surface area contributed by atoms with Crippen molar-refractivity contribution in [1.29, 1.82) is 0 Å². The number of nitrogens with one attached hydrogen (secondary N) is 1. The van der Waals surface area contributed by atoms with Crippen molar-refractivity contribution in [3.05, 3.63) is 35.4 Å². The average Bonchev–Trinajstić information content (AvgIpc) is 2.76. The fourth-order valence-electron chi connectivity index (χ4n) is 3.09. The molecular weight excluding hydrogens is 467 g/mol. The number of hydrogen-bond acceptors (Lipinski definition) is 9. The van der Waals surface area contributed by atoms with Gasteiger partial charge in [-0.2, -0.15) is 0 Å². The van der Waals surface area contributed by atoms with E-state index in [2.05, 4.69) is 5.32 Å². The molecule has 0 bridgehead atoms. The first-order valence-electron chi connectivity index (χ1n) is 11.0. The van der Waals surface area contributed by atoms with Crippen molar-refractivity contribution in [3.8, 4) is 0 Å². The summed E-state index contributed by atoms with van der Waals surface area (Å²) >= 11 is 0. The zero-order valence-corrected chi connectivity index (χ0v) is 20.8. The van der Waals surface area contributed by atoms with E-state index in [9.17, 15) is 23.7 Å². The van der Waals surface area contributed by atoms with Crippen LogP contribution in [-0.4, -0.2) is 56.2 Å². The summed E-state index contributed by atoms with van der Waals surface area (Å²) in [5, 5.41) is 2.40. The summed E-state index contributed by atoms with van der Waals surface area (Å²) in [7, 11) is -3.32. The van der Waals surface area contributed by atoms with E-state index in [1.165, 1.54) is 12.1 Å². The van der Waals surface area contributed by atoms with Crippen molar-refractivity contribution < 1.29 is 42.3 Å². The molecule has 2 atom stereocenters. The third kappa shape index (κ3) is 9.24. The van der Waals surface area contributed by atoms with Gasteiger partial charge in [0.25, 0.3) is 5.91 Å². The first kappa shape index (κ1) is 29.3. The molecule has 1 rings (SSSR count). The van der Waals surface area contributed by atoms with Crippen molar-refractivity contribution >= 4 is 31.3 Å². The van der Waals surface area contributed by atoms with E-state index < -0.39 is 49.7 Å². The molecule has 0 aliphatic heterocycles. The Morgan fingerprint density at radius 1 is 0.912 bits per heavy atom. The molecule has 190 valence electrons. The van der Waals surface area contributed by atoms with Crippen LogP contribution in [0.2, 0.25) is 0 Å². The number of benzene rings is 1. The summed E-state index contributed by atoms with van der Waals surface area (Å²) < 4.78 is 33.0. The molecule has 0 heterocycles. The highest BCUT2D eigenvalue weighted by molar-refractivity contribution is 7.53. The van der Waals surface area contributed by atoms with E-state index in [1.54, 1.807) is 39.8 Å². The van der Waals surface area contributed by atoms with Crippen molar-refractivity contribution in [2.45, 2.75) is 46.3 Å². The first-order valence-corrected chi connectivity index (χ1v) is 12.7. The summed E-state index contributed by atoms with van der Waals surface area (Å²) in [6, 6.07) is 4.54. The molecule has 34 heavy (non-hydrogen) atoms. The minimum absolute atomic E-state index is 0.00635. The van der Waals surface area contributed by atoms with E-state index in [0.29, 0.717) is 5.56 Å². The maximum atomic E-state index is 12.8. The SMILES string of the molecule is CCOC(=O)C[C@H](C(=O)OCC)[C@@H](NC(=O)c1ccc(CP(=O)(OCC)OCC)cc1)C(N)=O. The second-order valence-corrected chi connectivity index (χ2v) is 9.08. The summed E-state index contributed by atoms with van der Waals surface area (Å²) in [5.41, 5.74) is 6.19. The van der Waals surface area contributed by atoms with E-state index >= 15 is 0 Å². The Hall–Kier alpha value is -2.75. The lowest BCUT2D eigenvalue weighted by Crippen LogP contribution is -2.52. The van der Waals surface area contributed by atoms with Gasteiger partial charge in [-0.05, 0) is 45.4 Å². The van der Waals surface area contributed by atoms with Gasteiger partial charge in [0.2, 0.25) is 5.91 Å². The normalized spacial score (nSPS) is 12.9. The zero-order chi connectivity index (χ0) is 25.7. The number of carbonyl (C=O) groups is 4. The molecule has 0 aromatic heterocycles. The summed E-state index contributed by atoms with van der Waals surface area (Å²) in [5.74, 6) is -4.67. The van der Waals surface area contributed by atoms with Crippen LogP contribution in [0.3, 0.4) is 0 Å². The van der Waals surface area contributed by atoms with Crippen LogP contribution in [0.4, 0.5) is 0 Å². The van der Waals surface area contributed by atoms with Crippen molar-refractivity contribution in [2.75, 3.05) is 26.4 Å². The lowest BCUT2D eigenvalue weighted by Gasteiger charge is -2.23. The molecule has 0 unspecified atom stereocenters. The van der Waals surface area contributed by atoms with Crippen LogP contribution in [0.5, 0.6) is 0 Å². The van der Waals surface area contributed by atoms with Crippen LogP contribution in [0, 0.1) is 5.92 Å². The highest BCUT2D eigenvalue weighted by Gasteiger charge is 2.37. The number of rotatable bonds is 15. The molecular formula is C22H33N2O9P. The molecule has 0 saturated heterocycles. The molecule has 3 N–H and O–H groups in total. The van der Waals surface area contributed by atoms with Crippen LogP contribution in [0.1, 0.15) is 50.0 Å². The molecule has 0 saturated carbocycles. The smallest absolute Gasteiger partial charge is 0.335 e. The van der Waals surface area contributed by atoms with E-state index in [4.69, 9.17) is 24.3 Å². The van der Waals surface area contributed by atoms with E-state index in [-0.39, 0.29) is 38.2 Å². The Morgan fingerprint density at radius 2 is 1.47 bits per heavy atom. The topological polar surface area (TPSA) is 160 Å². The van der Waals surface area contributed by atoms with Crippen LogP contribution < -0.4 is 11.1 Å². The summed E-state index contributed by atoms with van der Waals surface area (Å²) in [6.07, 6.45) is -0.478. The molecule has 0 spiro atoms. The summed E-state index contributed by atoms with van der Waals surface area (Å²) in [6.45, 7) is 7.10. The molecule has 12 heteroatoms. The third-order valence-corrected chi connectivity index (χ3v) is 6.58. The molecule has 0 fully saturated rings. The number of nitrogens with two attached hydrogens (primary N) is 1. The van der Waals surface area contributed by atoms with Gasteiger partial charge in [-0.15, -0.1) is 0 Å². The number of carbonyl (C=O) groups excluding carboxylic acids is 4. The van der Waals surface area contributed by atoms with Crippen LogP contribution in [-0.2, 0) is 43.6 Å². The van der Waals surface area contributed by atoms with Gasteiger partial charge in [0, 0.05) is 5.56 Å². The molecule has 2 amide bonds. The molecule has 0 radical (unpaired) electrons. The van der Waals surface area contributed by atoms with Crippen molar-refractivity contribution in [1.82, 2.24) is 5.32 Å². The molecule has 0 aliphatic carbocycles. The lowest BCUT2D eigenvalue weighted by molar-refractivity contribution is -0.156. The largest absolute Gasteiger partial charge is 0.466 e. The second kappa shape index (κ2) is 14.5. The second-order valence-electron chi connectivity index (χ2n) is 7.02. The predicted molar refractivity (Wildman–Crippen MR) is 123 cm³/mol. The van der Waals surface area contributed by atoms with Gasteiger partial charge < -0.3 is 29.6 Å². The van der Waals surface area contributed by atoms with E-state index in [0.717, 1.165) is 0 Å². The van der Waals surface area contributed by atoms with Gasteiger partial charge in [-0.3, -0.25) is 23.7 Å². The van der Waals surface area contributed by atoms with Gasteiger partial charge in [0.1, 0.15) is 6.04 Å². The minimum atomic E-state index is -3.32. The predicted octanol–water partition coefficient (Wildman–Crippen LogP) is 2.17. The highest BCUT2D eigenvalue weighted by Crippen LogP contribution is 2.51. The Morgan fingerprint density at radius 3 is 1.94 bits per heavy atom. The molecule has 1 aromatic carbocycles. The van der Waals surface area contributed by atoms with Gasteiger partial charge in [0.05, 0.1) is 44.9 Å². The van der Waals surface area contributed by atoms with Crippen molar-refractivity contribution in [3.63, 3.8) is 0 Å². The van der Waals surface area contributed by atoms with Gasteiger partial charge in [0.15, 0.2) is 0 Å². The van der Waals surface area contributed by atoms with Crippen LogP contribution in [0.25, 0.3) is 0 Å². The Kier molecular flexibility index (Phi) is 12.5. The molecule has 1 aromatic rings. The van der Waals surface area contributed by atoms with Gasteiger partial charge >= 0.3 is 19.5 Å². The fourth-order valence-corrected chi connectivity index (χ4v) is 4.79. The Bertz CT molecular complexity index is 879. The Labute approximate surface area is 199 Å². The number of ether oxygens (including phenoxy) is 2.